The predicted octanol–water partition coefficient (Wildman–Crippen LogP) is -0.623. The molecule has 2 rings (SSSR count). The van der Waals surface area contributed by atoms with Gasteiger partial charge < -0.3 is 5.11 Å². The lowest BCUT2D eigenvalue weighted by Gasteiger charge is -2.27. The summed E-state index contributed by atoms with van der Waals surface area (Å²) in [5.74, 6) is -1.37. The quantitative estimate of drug-likeness (QED) is 0.494. The number of non-ortho nitro benzene ring substituents is 1. The molecule has 1 fully saturated rings. The highest BCUT2D eigenvalue weighted by Gasteiger charge is 2.46. The lowest BCUT2D eigenvalue weighted by Crippen LogP contribution is -2.58. The van der Waals surface area contributed by atoms with E-state index in [4.69, 9.17) is 0 Å². The fourth-order valence-electron chi connectivity index (χ4n) is 2.19. The Balaban J connectivity index is 2.07. The zero-order valence-corrected chi connectivity index (χ0v) is 12.5. The highest BCUT2D eigenvalue weighted by Crippen LogP contribution is 2.23. The van der Waals surface area contributed by atoms with Crippen LogP contribution in [0.5, 0.6) is 0 Å². The van der Waals surface area contributed by atoms with Gasteiger partial charge in [0.15, 0.2) is 9.84 Å². The van der Waals surface area contributed by atoms with Crippen LogP contribution in [0.25, 0.3) is 0 Å². The van der Waals surface area contributed by atoms with Crippen molar-refractivity contribution in [3.05, 3.63) is 39.9 Å². The van der Waals surface area contributed by atoms with Gasteiger partial charge in [0.2, 0.25) is 0 Å². The zero-order valence-electron chi connectivity index (χ0n) is 11.6. The van der Waals surface area contributed by atoms with Gasteiger partial charge in [0.05, 0.1) is 28.1 Å². The summed E-state index contributed by atoms with van der Waals surface area (Å²) in [5.41, 5.74) is 3.39. The Bertz CT molecular complexity index is 719. The molecule has 10 heteroatoms. The number of nitrogens with zero attached hydrogens (tertiary/aromatic N) is 1. The number of carbonyl (C=O) groups excluding carboxylic acids is 1. The summed E-state index contributed by atoms with van der Waals surface area (Å²) in [5, 5.41) is 20.5. The summed E-state index contributed by atoms with van der Waals surface area (Å²) in [6.07, 6.45) is -1.16. The van der Waals surface area contributed by atoms with Crippen LogP contribution in [0.1, 0.15) is 17.3 Å². The third-order valence-electron chi connectivity index (χ3n) is 3.45. The van der Waals surface area contributed by atoms with E-state index in [0.29, 0.717) is 0 Å². The van der Waals surface area contributed by atoms with Gasteiger partial charge in [-0.3, -0.25) is 20.3 Å². The van der Waals surface area contributed by atoms with Crippen molar-refractivity contribution in [3.63, 3.8) is 0 Å². The predicted molar refractivity (Wildman–Crippen MR) is 76.8 cm³/mol. The Morgan fingerprint density at radius 1 is 1.50 bits per heavy atom. The highest BCUT2D eigenvalue weighted by atomic mass is 32.2. The van der Waals surface area contributed by atoms with Crippen molar-refractivity contribution in [2.24, 2.45) is 0 Å². The number of carbonyl (C=O) groups is 1. The van der Waals surface area contributed by atoms with Crippen LogP contribution in [-0.4, -0.2) is 47.5 Å². The Morgan fingerprint density at radius 2 is 2.18 bits per heavy atom. The first-order valence-corrected chi connectivity index (χ1v) is 8.15. The molecule has 120 valence electrons. The fraction of sp³-hybridized carbons (Fsp3) is 0.417. The standard InChI is InChI=1S/C12H15N3O6S/c1-12(7-22(20,21)6-10(12)16)14-13-11(17)8-3-2-4-9(5-8)15(18)19/h2-5,10,14,16H,6-7H2,1H3,(H,13,17)/t10-,12-/m1/s1. The molecule has 3 N–H and O–H groups in total. The summed E-state index contributed by atoms with van der Waals surface area (Å²) in [7, 11) is -3.39. The first kappa shape index (κ1) is 16.3. The number of nitrogens with one attached hydrogen (secondary N) is 2. The number of aliphatic hydroxyl groups is 1. The minimum atomic E-state index is -3.39. The molecule has 22 heavy (non-hydrogen) atoms. The van der Waals surface area contributed by atoms with Crippen molar-refractivity contribution in [1.82, 2.24) is 10.9 Å². The van der Waals surface area contributed by atoms with Crippen molar-refractivity contribution in [2.75, 3.05) is 11.5 Å². The second kappa shape index (κ2) is 5.63. The lowest BCUT2D eigenvalue weighted by atomic mass is 10.0. The van der Waals surface area contributed by atoms with Gasteiger partial charge in [0.1, 0.15) is 0 Å². The first-order valence-electron chi connectivity index (χ1n) is 6.33. The third kappa shape index (κ3) is 3.40. The average molecular weight is 329 g/mol. The minimum absolute atomic E-state index is 0.0423. The van der Waals surface area contributed by atoms with Crippen LogP contribution in [0.2, 0.25) is 0 Å². The number of rotatable bonds is 4. The molecular weight excluding hydrogens is 314 g/mol. The molecule has 1 aromatic carbocycles. The molecular formula is C12H15N3O6S. The maximum atomic E-state index is 12.0. The van der Waals surface area contributed by atoms with Crippen molar-refractivity contribution in [1.29, 1.82) is 0 Å². The molecule has 1 aliphatic heterocycles. The number of hydrazine groups is 1. The zero-order chi connectivity index (χ0) is 16.5. The van der Waals surface area contributed by atoms with Gasteiger partial charge in [0, 0.05) is 17.7 Å². The number of hydrogen-bond acceptors (Lipinski definition) is 7. The Morgan fingerprint density at radius 3 is 2.73 bits per heavy atom. The summed E-state index contributed by atoms with van der Waals surface area (Å²) in [6, 6.07) is 5.10. The van der Waals surface area contributed by atoms with E-state index in [1.54, 1.807) is 0 Å². The molecule has 1 aromatic rings. The Kier molecular flexibility index (Phi) is 4.18. The number of benzene rings is 1. The van der Waals surface area contributed by atoms with Crippen LogP contribution in [0, 0.1) is 10.1 Å². The van der Waals surface area contributed by atoms with Gasteiger partial charge in [-0.15, -0.1) is 0 Å². The van der Waals surface area contributed by atoms with Crippen LogP contribution in [0.4, 0.5) is 5.69 Å². The Labute approximate surface area is 126 Å². The molecule has 1 heterocycles. The molecule has 1 aliphatic rings. The maximum Gasteiger partial charge on any atom is 0.270 e. The summed E-state index contributed by atoms with van der Waals surface area (Å²) in [4.78, 5) is 22.0. The lowest BCUT2D eigenvalue weighted by molar-refractivity contribution is -0.384. The molecule has 0 spiro atoms. The summed E-state index contributed by atoms with van der Waals surface area (Å²) >= 11 is 0. The van der Waals surface area contributed by atoms with Crippen LogP contribution in [-0.2, 0) is 9.84 Å². The van der Waals surface area contributed by atoms with E-state index in [0.717, 1.165) is 6.07 Å². The van der Waals surface area contributed by atoms with E-state index in [-0.39, 0.29) is 22.8 Å². The van der Waals surface area contributed by atoms with Gasteiger partial charge in [-0.2, -0.15) is 0 Å². The van der Waals surface area contributed by atoms with Crippen molar-refractivity contribution < 1.29 is 23.2 Å². The van der Waals surface area contributed by atoms with Crippen molar-refractivity contribution in [3.8, 4) is 0 Å². The normalized spacial score (nSPS) is 26.5. The number of hydrogen-bond donors (Lipinski definition) is 3. The van der Waals surface area contributed by atoms with Crippen LogP contribution < -0.4 is 10.9 Å². The van der Waals surface area contributed by atoms with Crippen LogP contribution >= 0.6 is 0 Å². The van der Waals surface area contributed by atoms with Crippen LogP contribution in [0.15, 0.2) is 24.3 Å². The molecule has 9 nitrogen and oxygen atoms in total. The molecule has 2 atom stereocenters. The van der Waals surface area contributed by atoms with Gasteiger partial charge in [0.25, 0.3) is 11.6 Å². The van der Waals surface area contributed by atoms with Gasteiger partial charge in [-0.05, 0) is 13.0 Å². The number of aliphatic hydroxyl groups excluding tert-OH is 1. The van der Waals surface area contributed by atoms with Crippen molar-refractivity contribution in [2.45, 2.75) is 18.6 Å². The monoisotopic (exact) mass is 329 g/mol. The van der Waals surface area contributed by atoms with E-state index in [2.05, 4.69) is 10.9 Å². The second-order valence-electron chi connectivity index (χ2n) is 5.37. The molecule has 0 aliphatic carbocycles. The Hall–Kier alpha value is -2.04. The molecule has 0 saturated carbocycles. The van der Waals surface area contributed by atoms with E-state index in [1.807, 2.05) is 0 Å². The van der Waals surface area contributed by atoms with E-state index in [1.165, 1.54) is 25.1 Å². The largest absolute Gasteiger partial charge is 0.390 e. The van der Waals surface area contributed by atoms with Gasteiger partial charge in [-0.25, -0.2) is 13.8 Å². The van der Waals surface area contributed by atoms with E-state index < -0.39 is 32.3 Å². The SMILES string of the molecule is C[C@@]1(NNC(=O)c2cccc([N+](=O)[O-])c2)CS(=O)(=O)C[C@H]1O. The molecule has 0 unspecified atom stereocenters. The van der Waals surface area contributed by atoms with Gasteiger partial charge >= 0.3 is 0 Å². The number of sulfone groups is 1. The summed E-state index contributed by atoms with van der Waals surface area (Å²) < 4.78 is 23.0. The van der Waals surface area contributed by atoms with Crippen molar-refractivity contribution >= 4 is 21.4 Å². The van der Waals surface area contributed by atoms with E-state index in [9.17, 15) is 28.4 Å². The highest BCUT2D eigenvalue weighted by molar-refractivity contribution is 7.91. The summed E-state index contributed by atoms with van der Waals surface area (Å²) in [6.45, 7) is 1.47. The molecule has 0 bridgehead atoms. The fourth-order valence-corrected chi connectivity index (χ4v) is 4.33. The minimum Gasteiger partial charge on any atom is -0.390 e. The smallest absolute Gasteiger partial charge is 0.270 e. The molecule has 1 amide bonds. The number of nitro groups is 1. The maximum absolute atomic E-state index is 12.0. The molecule has 0 aromatic heterocycles. The average Bonchev–Trinajstić information content (AvgIpc) is 2.64. The molecule has 0 radical (unpaired) electrons. The molecule has 1 saturated heterocycles. The second-order valence-corrected chi connectivity index (χ2v) is 7.48. The number of amides is 1. The van der Waals surface area contributed by atoms with Crippen LogP contribution in [0.3, 0.4) is 0 Å². The first-order chi connectivity index (χ1) is 10.1. The van der Waals surface area contributed by atoms with Gasteiger partial charge in [-0.1, -0.05) is 6.07 Å². The topological polar surface area (TPSA) is 139 Å². The number of nitro benzene ring substituents is 1. The van der Waals surface area contributed by atoms with E-state index >= 15 is 0 Å². The third-order valence-corrected chi connectivity index (χ3v) is 5.31.